The van der Waals surface area contributed by atoms with Crippen LogP contribution in [0, 0.1) is 5.82 Å². The van der Waals surface area contributed by atoms with Crippen LogP contribution in [0.15, 0.2) is 29.8 Å². The van der Waals surface area contributed by atoms with Gasteiger partial charge in [-0.05, 0) is 18.6 Å². The Labute approximate surface area is 96.8 Å². The van der Waals surface area contributed by atoms with E-state index in [1.54, 1.807) is 0 Å². The number of aliphatic hydroxyl groups is 1. The Morgan fingerprint density at radius 1 is 1.35 bits per heavy atom. The number of carbonyl (C=O) groups excluding carboxylic acids is 2. The van der Waals surface area contributed by atoms with Crippen LogP contribution >= 0.6 is 0 Å². The molecule has 1 heterocycles. The zero-order valence-corrected chi connectivity index (χ0v) is 8.87. The molecule has 1 aliphatic rings. The lowest BCUT2D eigenvalue weighted by molar-refractivity contribution is -0.136. The van der Waals surface area contributed by atoms with Gasteiger partial charge in [0.1, 0.15) is 11.6 Å². The number of benzene rings is 1. The lowest BCUT2D eigenvalue weighted by atomic mass is 9.98. The summed E-state index contributed by atoms with van der Waals surface area (Å²) in [7, 11) is 0. The average molecular weight is 235 g/mol. The minimum atomic E-state index is -0.766. The van der Waals surface area contributed by atoms with Crippen LogP contribution in [0.3, 0.4) is 0 Å². The summed E-state index contributed by atoms with van der Waals surface area (Å²) in [6.07, 6.45) is 0.243. The summed E-state index contributed by atoms with van der Waals surface area (Å²) < 4.78 is 13.0. The van der Waals surface area contributed by atoms with E-state index in [0.29, 0.717) is 6.54 Å². The average Bonchev–Trinajstić information content (AvgIpc) is 2.32. The van der Waals surface area contributed by atoms with Crippen molar-refractivity contribution in [3.05, 3.63) is 41.2 Å². The molecule has 88 valence electrons. The third kappa shape index (κ3) is 2.18. The maximum Gasteiger partial charge on any atom is 0.292 e. The van der Waals surface area contributed by atoms with E-state index in [9.17, 15) is 19.1 Å². The minimum Gasteiger partial charge on any atom is -0.507 e. The van der Waals surface area contributed by atoms with Crippen LogP contribution in [-0.2, 0) is 9.59 Å². The molecule has 0 bridgehead atoms. The molecular formula is C12H10FNO3. The second kappa shape index (κ2) is 4.37. The molecule has 1 amide bonds. The minimum absolute atomic E-state index is 0.0272. The van der Waals surface area contributed by atoms with Crippen LogP contribution < -0.4 is 5.32 Å². The van der Waals surface area contributed by atoms with E-state index >= 15 is 0 Å². The molecule has 2 N–H and O–H groups in total. The van der Waals surface area contributed by atoms with E-state index < -0.39 is 17.5 Å². The van der Waals surface area contributed by atoms with E-state index in [4.69, 9.17) is 0 Å². The number of amides is 1. The van der Waals surface area contributed by atoms with Gasteiger partial charge in [0.05, 0.1) is 0 Å². The Kier molecular flexibility index (Phi) is 2.91. The lowest BCUT2D eigenvalue weighted by Gasteiger charge is -2.15. The molecule has 1 aliphatic heterocycles. The van der Waals surface area contributed by atoms with Crippen LogP contribution in [0.1, 0.15) is 12.0 Å². The highest BCUT2D eigenvalue weighted by Crippen LogP contribution is 2.21. The number of nitrogens with one attached hydrogen (secondary N) is 1. The zero-order valence-electron chi connectivity index (χ0n) is 8.87. The molecule has 0 spiro atoms. The number of rotatable bonds is 1. The Bertz CT molecular complexity index is 522. The third-order valence-electron chi connectivity index (χ3n) is 2.52. The summed E-state index contributed by atoms with van der Waals surface area (Å²) in [5, 5.41) is 12.2. The molecule has 1 saturated heterocycles. The van der Waals surface area contributed by atoms with Crippen molar-refractivity contribution < 1.29 is 19.1 Å². The van der Waals surface area contributed by atoms with Gasteiger partial charge in [-0.3, -0.25) is 9.59 Å². The van der Waals surface area contributed by atoms with Gasteiger partial charge >= 0.3 is 0 Å². The first kappa shape index (κ1) is 11.3. The van der Waals surface area contributed by atoms with Gasteiger partial charge in [0.15, 0.2) is 0 Å². The number of piperidine rings is 1. The molecule has 1 fully saturated rings. The van der Waals surface area contributed by atoms with E-state index in [1.807, 2.05) is 0 Å². The maximum atomic E-state index is 13.0. The molecule has 0 unspecified atom stereocenters. The largest absolute Gasteiger partial charge is 0.507 e. The predicted octanol–water partition coefficient (Wildman–Crippen LogP) is 1.18. The van der Waals surface area contributed by atoms with Crippen molar-refractivity contribution in [1.82, 2.24) is 5.32 Å². The molecule has 1 aromatic rings. The Morgan fingerprint density at radius 2 is 2.12 bits per heavy atom. The number of aliphatic hydroxyl groups excluding tert-OH is 1. The van der Waals surface area contributed by atoms with E-state index in [0.717, 1.165) is 6.07 Å². The number of hydrogen-bond acceptors (Lipinski definition) is 3. The molecule has 0 radical (unpaired) electrons. The highest BCUT2D eigenvalue weighted by atomic mass is 19.1. The second-order valence-corrected chi connectivity index (χ2v) is 3.67. The van der Waals surface area contributed by atoms with Gasteiger partial charge in [0, 0.05) is 17.7 Å². The number of ketones is 1. The van der Waals surface area contributed by atoms with Gasteiger partial charge in [-0.1, -0.05) is 12.1 Å². The molecule has 2 rings (SSSR count). The van der Waals surface area contributed by atoms with Gasteiger partial charge < -0.3 is 10.4 Å². The summed E-state index contributed by atoms with van der Waals surface area (Å²) >= 11 is 0. The normalized spacial score (nSPS) is 18.9. The fourth-order valence-electron chi connectivity index (χ4n) is 1.67. The topological polar surface area (TPSA) is 66.4 Å². The van der Waals surface area contributed by atoms with Crippen molar-refractivity contribution in [2.45, 2.75) is 6.42 Å². The Morgan fingerprint density at radius 3 is 2.82 bits per heavy atom. The molecule has 4 nitrogen and oxygen atoms in total. The monoisotopic (exact) mass is 235 g/mol. The molecule has 0 saturated carbocycles. The summed E-state index contributed by atoms with van der Waals surface area (Å²) in [5.74, 6) is -2.35. The maximum absolute atomic E-state index is 13.0. The Balaban J connectivity index is 2.44. The van der Waals surface area contributed by atoms with Gasteiger partial charge in [-0.2, -0.15) is 0 Å². The van der Waals surface area contributed by atoms with Crippen molar-refractivity contribution in [3.8, 4) is 0 Å². The summed E-state index contributed by atoms with van der Waals surface area (Å²) in [6.45, 7) is 0.291. The Hall–Kier alpha value is -2.17. The summed E-state index contributed by atoms with van der Waals surface area (Å²) in [5.41, 5.74) is 0.224. The highest BCUT2D eigenvalue weighted by Gasteiger charge is 2.27. The molecule has 0 aliphatic carbocycles. The zero-order chi connectivity index (χ0) is 12.4. The molecule has 1 aromatic carbocycles. The molecule has 0 aromatic heterocycles. The quantitative estimate of drug-likeness (QED) is 0.436. The van der Waals surface area contributed by atoms with Crippen LogP contribution in [0.25, 0.3) is 5.76 Å². The third-order valence-corrected chi connectivity index (χ3v) is 2.52. The fraction of sp³-hybridized carbons (Fsp3) is 0.167. The molecule has 17 heavy (non-hydrogen) atoms. The number of hydrogen-bond donors (Lipinski definition) is 2. The fourth-order valence-corrected chi connectivity index (χ4v) is 1.67. The first-order valence-corrected chi connectivity index (χ1v) is 5.10. The van der Waals surface area contributed by atoms with Crippen LogP contribution in [-0.4, -0.2) is 23.3 Å². The smallest absolute Gasteiger partial charge is 0.292 e. The number of Topliss-reactive ketones (excluding diaryl/α,β-unsaturated/α-hetero) is 1. The van der Waals surface area contributed by atoms with Crippen LogP contribution in [0.2, 0.25) is 0 Å². The first-order chi connectivity index (χ1) is 8.09. The standard InChI is InChI=1S/C12H10FNO3/c13-8-3-1-2-7(6-8)10(15)9-4-5-14-12(17)11(9)16/h1-3,6,15H,4-5H2,(H,14,17)/b10-9+. The summed E-state index contributed by atoms with van der Waals surface area (Å²) in [6, 6.07) is 5.25. The number of halogens is 1. The number of carbonyl (C=O) groups is 2. The van der Waals surface area contributed by atoms with Gasteiger partial charge in [0.2, 0.25) is 5.78 Å². The van der Waals surface area contributed by atoms with Crippen molar-refractivity contribution >= 4 is 17.4 Å². The summed E-state index contributed by atoms with van der Waals surface area (Å²) in [4.78, 5) is 22.6. The van der Waals surface area contributed by atoms with Crippen LogP contribution in [0.5, 0.6) is 0 Å². The van der Waals surface area contributed by atoms with Gasteiger partial charge in [0.25, 0.3) is 5.91 Å². The highest BCUT2D eigenvalue weighted by molar-refractivity contribution is 6.44. The lowest BCUT2D eigenvalue weighted by Crippen LogP contribution is -2.38. The molecular weight excluding hydrogens is 225 g/mol. The van der Waals surface area contributed by atoms with Crippen molar-refractivity contribution in [3.63, 3.8) is 0 Å². The van der Waals surface area contributed by atoms with E-state index in [2.05, 4.69) is 5.32 Å². The SMILES string of the molecule is O=C1NCC/C(=C(\O)c2cccc(F)c2)C1=O. The van der Waals surface area contributed by atoms with Crippen molar-refractivity contribution in [2.75, 3.05) is 6.54 Å². The van der Waals surface area contributed by atoms with Crippen molar-refractivity contribution in [2.24, 2.45) is 0 Å². The van der Waals surface area contributed by atoms with Crippen molar-refractivity contribution in [1.29, 1.82) is 0 Å². The first-order valence-electron chi connectivity index (χ1n) is 5.10. The van der Waals surface area contributed by atoms with E-state index in [-0.39, 0.29) is 23.3 Å². The van der Waals surface area contributed by atoms with Crippen LogP contribution in [0.4, 0.5) is 4.39 Å². The van der Waals surface area contributed by atoms with Gasteiger partial charge in [-0.25, -0.2) is 4.39 Å². The molecule has 0 atom stereocenters. The van der Waals surface area contributed by atoms with E-state index in [1.165, 1.54) is 18.2 Å². The van der Waals surface area contributed by atoms with Gasteiger partial charge in [-0.15, -0.1) is 0 Å². The second-order valence-electron chi connectivity index (χ2n) is 3.67. The molecule has 5 heteroatoms. The predicted molar refractivity (Wildman–Crippen MR) is 58.6 cm³/mol.